The van der Waals surface area contributed by atoms with Crippen molar-refractivity contribution in [2.75, 3.05) is 19.4 Å². The van der Waals surface area contributed by atoms with Gasteiger partial charge in [0.05, 0.1) is 19.4 Å². The minimum absolute atomic E-state index is 0.139. The summed E-state index contributed by atoms with van der Waals surface area (Å²) in [7, 11) is 1.18. The number of aliphatic hydroxyl groups excluding tert-OH is 1. The first-order valence-corrected chi connectivity index (χ1v) is 6.73. The molecule has 2 N–H and O–H groups in total. The second-order valence-corrected chi connectivity index (χ2v) is 4.99. The molecule has 19 heavy (non-hydrogen) atoms. The minimum Gasteiger partial charge on any atom is -0.467 e. The predicted octanol–water partition coefficient (Wildman–Crippen LogP) is 0.737. The molecule has 0 radical (unpaired) electrons. The Hall–Kier alpha value is -1.53. The Kier molecular flexibility index (Phi) is 6.38. The van der Waals surface area contributed by atoms with Crippen molar-refractivity contribution in [1.82, 2.24) is 5.32 Å². The molecular weight excluding hydrogens is 266 g/mol. The van der Waals surface area contributed by atoms with Crippen LogP contribution in [0.3, 0.4) is 0 Å². The lowest BCUT2D eigenvalue weighted by Crippen LogP contribution is -2.37. The SMILES string of the molecule is COC(=O)C(O)CNC(=O)CSc1ccc(C)cc1. The molecule has 0 bridgehead atoms. The van der Waals surface area contributed by atoms with Gasteiger partial charge in [-0.25, -0.2) is 4.79 Å². The van der Waals surface area contributed by atoms with Crippen LogP contribution in [0.1, 0.15) is 5.56 Å². The first kappa shape index (κ1) is 15.5. The Balaban J connectivity index is 2.28. The third-order valence-electron chi connectivity index (χ3n) is 2.36. The number of carbonyl (C=O) groups is 2. The van der Waals surface area contributed by atoms with Crippen LogP contribution >= 0.6 is 11.8 Å². The zero-order chi connectivity index (χ0) is 14.3. The minimum atomic E-state index is -1.32. The van der Waals surface area contributed by atoms with Crippen LogP contribution < -0.4 is 5.32 Å². The van der Waals surface area contributed by atoms with Gasteiger partial charge in [0.25, 0.3) is 0 Å². The van der Waals surface area contributed by atoms with Gasteiger partial charge in [-0.05, 0) is 19.1 Å². The Labute approximate surface area is 116 Å². The summed E-state index contributed by atoms with van der Waals surface area (Å²) in [6.45, 7) is 1.86. The number of benzene rings is 1. The van der Waals surface area contributed by atoms with Gasteiger partial charge in [-0.3, -0.25) is 4.79 Å². The molecule has 0 spiro atoms. The van der Waals surface area contributed by atoms with Gasteiger partial charge in [0.15, 0.2) is 6.10 Å². The maximum Gasteiger partial charge on any atom is 0.336 e. The van der Waals surface area contributed by atoms with Crippen LogP contribution in [0.5, 0.6) is 0 Å². The fraction of sp³-hybridized carbons (Fsp3) is 0.385. The maximum atomic E-state index is 11.5. The van der Waals surface area contributed by atoms with E-state index in [2.05, 4.69) is 10.1 Å². The third kappa shape index (κ3) is 5.76. The molecule has 0 aliphatic carbocycles. The summed E-state index contributed by atoms with van der Waals surface area (Å²) in [5, 5.41) is 11.8. The van der Waals surface area contributed by atoms with Crippen LogP contribution in [-0.2, 0) is 14.3 Å². The van der Waals surface area contributed by atoms with Crippen molar-refractivity contribution in [3.63, 3.8) is 0 Å². The summed E-state index contributed by atoms with van der Waals surface area (Å²) in [4.78, 5) is 23.4. The largest absolute Gasteiger partial charge is 0.467 e. The number of nitrogens with one attached hydrogen (secondary N) is 1. The maximum absolute atomic E-state index is 11.5. The molecule has 1 rings (SSSR count). The van der Waals surface area contributed by atoms with Gasteiger partial charge in [-0.15, -0.1) is 11.8 Å². The number of aryl methyl sites for hydroxylation is 1. The van der Waals surface area contributed by atoms with E-state index < -0.39 is 12.1 Å². The first-order valence-electron chi connectivity index (χ1n) is 5.75. The molecule has 0 aromatic heterocycles. The second kappa shape index (κ2) is 7.81. The van der Waals surface area contributed by atoms with Crippen molar-refractivity contribution >= 4 is 23.6 Å². The van der Waals surface area contributed by atoms with Crippen LogP contribution in [0.2, 0.25) is 0 Å². The summed E-state index contributed by atoms with van der Waals surface area (Å²) in [5.41, 5.74) is 1.16. The summed E-state index contributed by atoms with van der Waals surface area (Å²) >= 11 is 1.39. The van der Waals surface area contributed by atoms with E-state index in [1.165, 1.54) is 18.9 Å². The number of rotatable bonds is 6. The van der Waals surface area contributed by atoms with Gasteiger partial charge >= 0.3 is 5.97 Å². The van der Waals surface area contributed by atoms with Crippen molar-refractivity contribution in [3.05, 3.63) is 29.8 Å². The smallest absolute Gasteiger partial charge is 0.336 e. The van der Waals surface area contributed by atoms with Crippen molar-refractivity contribution in [3.8, 4) is 0 Å². The van der Waals surface area contributed by atoms with Gasteiger partial charge in [-0.1, -0.05) is 17.7 Å². The predicted molar refractivity (Wildman–Crippen MR) is 72.9 cm³/mol. The summed E-state index contributed by atoms with van der Waals surface area (Å²) in [5.74, 6) is -0.767. The van der Waals surface area contributed by atoms with E-state index in [1.807, 2.05) is 31.2 Å². The van der Waals surface area contributed by atoms with Crippen LogP contribution in [0.4, 0.5) is 0 Å². The zero-order valence-electron chi connectivity index (χ0n) is 10.9. The van der Waals surface area contributed by atoms with E-state index in [1.54, 1.807) is 0 Å². The molecule has 1 aromatic rings. The topological polar surface area (TPSA) is 75.6 Å². The lowest BCUT2D eigenvalue weighted by Gasteiger charge is -2.09. The van der Waals surface area contributed by atoms with Crippen molar-refractivity contribution in [2.45, 2.75) is 17.9 Å². The quantitative estimate of drug-likeness (QED) is 0.595. The monoisotopic (exact) mass is 283 g/mol. The van der Waals surface area contributed by atoms with E-state index in [-0.39, 0.29) is 18.2 Å². The highest BCUT2D eigenvalue weighted by atomic mass is 32.2. The molecule has 5 nitrogen and oxygen atoms in total. The molecule has 0 aliphatic rings. The highest BCUT2D eigenvalue weighted by Gasteiger charge is 2.15. The number of methoxy groups -OCH3 is 1. The van der Waals surface area contributed by atoms with Crippen molar-refractivity contribution in [2.24, 2.45) is 0 Å². The average Bonchev–Trinajstić information content (AvgIpc) is 2.43. The normalized spacial score (nSPS) is 11.7. The third-order valence-corrected chi connectivity index (χ3v) is 3.37. The van der Waals surface area contributed by atoms with E-state index in [0.717, 1.165) is 10.5 Å². The first-order chi connectivity index (χ1) is 9.02. The van der Waals surface area contributed by atoms with E-state index in [0.29, 0.717) is 0 Å². The number of hydrogen-bond donors (Lipinski definition) is 2. The number of amides is 1. The number of thioether (sulfide) groups is 1. The number of carbonyl (C=O) groups excluding carboxylic acids is 2. The highest BCUT2D eigenvalue weighted by molar-refractivity contribution is 8.00. The number of aliphatic hydroxyl groups is 1. The van der Waals surface area contributed by atoms with E-state index >= 15 is 0 Å². The Morgan fingerprint density at radius 3 is 2.58 bits per heavy atom. The lowest BCUT2D eigenvalue weighted by molar-refractivity contribution is -0.150. The molecule has 104 valence electrons. The van der Waals surface area contributed by atoms with E-state index in [9.17, 15) is 14.7 Å². The number of esters is 1. The lowest BCUT2D eigenvalue weighted by atomic mass is 10.2. The average molecular weight is 283 g/mol. The molecule has 0 saturated carbocycles. The fourth-order valence-corrected chi connectivity index (χ4v) is 1.99. The molecule has 1 unspecified atom stereocenters. The highest BCUT2D eigenvalue weighted by Crippen LogP contribution is 2.17. The van der Waals surface area contributed by atoms with Gasteiger partial charge in [0.2, 0.25) is 5.91 Å². The summed E-state index contributed by atoms with van der Waals surface area (Å²) in [6.07, 6.45) is -1.32. The number of ether oxygens (including phenoxy) is 1. The van der Waals surface area contributed by atoms with Gasteiger partial charge in [-0.2, -0.15) is 0 Å². The van der Waals surface area contributed by atoms with Gasteiger partial charge in [0.1, 0.15) is 0 Å². The van der Waals surface area contributed by atoms with Crippen LogP contribution in [0.25, 0.3) is 0 Å². The molecular formula is C13H17NO4S. The standard InChI is InChI=1S/C13H17NO4S/c1-9-3-5-10(6-4-9)19-8-12(16)14-7-11(15)13(17)18-2/h3-6,11,15H,7-8H2,1-2H3,(H,14,16). The van der Waals surface area contributed by atoms with E-state index in [4.69, 9.17) is 0 Å². The molecule has 0 saturated heterocycles. The van der Waals surface area contributed by atoms with Crippen LogP contribution in [-0.4, -0.2) is 42.5 Å². The molecule has 0 fully saturated rings. The fourth-order valence-electron chi connectivity index (χ4n) is 1.26. The zero-order valence-corrected chi connectivity index (χ0v) is 11.7. The van der Waals surface area contributed by atoms with Crippen molar-refractivity contribution < 1.29 is 19.4 Å². The molecule has 6 heteroatoms. The molecule has 1 atom stereocenters. The molecule has 1 aromatic carbocycles. The molecule has 0 aliphatic heterocycles. The Morgan fingerprint density at radius 2 is 2.00 bits per heavy atom. The second-order valence-electron chi connectivity index (χ2n) is 3.94. The Morgan fingerprint density at radius 1 is 1.37 bits per heavy atom. The number of hydrogen-bond acceptors (Lipinski definition) is 5. The molecule has 1 amide bonds. The summed E-state index contributed by atoms with van der Waals surface area (Å²) < 4.78 is 4.34. The van der Waals surface area contributed by atoms with Crippen molar-refractivity contribution in [1.29, 1.82) is 0 Å². The Bertz CT molecular complexity index is 433. The van der Waals surface area contributed by atoms with Gasteiger partial charge in [0, 0.05) is 4.90 Å². The van der Waals surface area contributed by atoms with Crippen LogP contribution in [0, 0.1) is 6.92 Å². The van der Waals surface area contributed by atoms with Gasteiger partial charge < -0.3 is 15.2 Å². The molecule has 0 heterocycles. The van der Waals surface area contributed by atoms with Crippen LogP contribution in [0.15, 0.2) is 29.2 Å². The summed E-state index contributed by atoms with van der Waals surface area (Å²) in [6, 6.07) is 7.83.